The van der Waals surface area contributed by atoms with E-state index < -0.39 is 11.1 Å². The van der Waals surface area contributed by atoms with Crippen molar-refractivity contribution in [2.24, 2.45) is 10.2 Å². The maximum Gasteiger partial charge on any atom is 0.132 e. The molecule has 0 aliphatic carbocycles. The zero-order chi connectivity index (χ0) is 15.8. The molecule has 0 aromatic carbocycles. The van der Waals surface area contributed by atoms with Crippen LogP contribution >= 0.6 is 0 Å². The first-order valence-electron chi connectivity index (χ1n) is 6.49. The van der Waals surface area contributed by atoms with Crippen LogP contribution in [0.4, 0.5) is 0 Å². The average Bonchev–Trinajstić information content (AvgIpc) is 2.39. The Bertz CT molecular complexity index is 368. The van der Waals surface area contributed by atoms with Crippen LogP contribution in [-0.4, -0.2) is 35.8 Å². The number of nitrogens with zero attached hydrogens (tertiary/aromatic N) is 2. The predicted octanol–water partition coefficient (Wildman–Crippen LogP) is 2.50. The normalized spacial score (nSPS) is 12.0. The van der Waals surface area contributed by atoms with Gasteiger partial charge in [0.15, 0.2) is 0 Å². The third-order valence-corrected chi connectivity index (χ3v) is 2.62. The smallest absolute Gasteiger partial charge is 0.132 e. The van der Waals surface area contributed by atoms with Gasteiger partial charge in [0.2, 0.25) is 0 Å². The van der Waals surface area contributed by atoms with Crippen LogP contribution in [0.15, 0.2) is 35.5 Å². The van der Waals surface area contributed by atoms with Gasteiger partial charge in [0.25, 0.3) is 0 Å². The minimum Gasteiger partial charge on any atom is -0.368 e. The highest BCUT2D eigenvalue weighted by atomic mass is 15.2. The van der Waals surface area contributed by atoms with E-state index in [1.807, 2.05) is 0 Å². The molecule has 4 N–H and O–H groups in total. The van der Waals surface area contributed by atoms with Crippen LogP contribution in [0.3, 0.4) is 0 Å². The molecule has 0 fully saturated rings. The summed E-state index contributed by atoms with van der Waals surface area (Å²) < 4.78 is 0. The van der Waals surface area contributed by atoms with Crippen LogP contribution in [0.5, 0.6) is 0 Å². The summed E-state index contributed by atoms with van der Waals surface area (Å²) in [5.41, 5.74) is -1.53. The second kappa shape index (κ2) is 7.57. The summed E-state index contributed by atoms with van der Waals surface area (Å²) in [6.07, 6.45) is 3.36. The lowest BCUT2D eigenvalue weighted by Gasteiger charge is -2.24. The Labute approximate surface area is 121 Å². The molecular weight excluding hydrogens is 252 g/mol. The molecule has 0 aromatic rings. The van der Waals surface area contributed by atoms with Crippen LogP contribution in [0.25, 0.3) is 0 Å². The molecule has 6 heteroatoms. The number of azo groups is 1. The van der Waals surface area contributed by atoms with E-state index in [2.05, 4.69) is 34.0 Å². The molecule has 0 aromatic heterocycles. The van der Waals surface area contributed by atoms with Gasteiger partial charge in [-0.25, -0.2) is 0 Å². The predicted molar refractivity (Wildman–Crippen MR) is 84.9 cm³/mol. The van der Waals surface area contributed by atoms with Crippen molar-refractivity contribution in [2.75, 3.05) is 13.1 Å². The fourth-order valence-electron chi connectivity index (χ4n) is 1.13. The van der Waals surface area contributed by atoms with E-state index in [9.17, 15) is 0 Å². The van der Waals surface area contributed by atoms with Crippen LogP contribution in [-0.2, 0) is 0 Å². The van der Waals surface area contributed by atoms with Crippen molar-refractivity contribution in [1.82, 2.24) is 10.6 Å². The van der Waals surface area contributed by atoms with Crippen LogP contribution < -0.4 is 10.6 Å². The van der Waals surface area contributed by atoms with Gasteiger partial charge < -0.3 is 10.6 Å². The van der Waals surface area contributed by atoms with Crippen molar-refractivity contribution in [2.45, 2.75) is 38.8 Å². The SMILES string of the molecule is C=CCNC(=N)C(C)(C)N=NC(C)(C)C(=N)NCC=C. The van der Waals surface area contributed by atoms with Crippen LogP contribution in [0.2, 0.25) is 0 Å². The fraction of sp³-hybridized carbons (Fsp3) is 0.571. The van der Waals surface area contributed by atoms with Gasteiger partial charge in [-0.15, -0.1) is 13.2 Å². The Kier molecular flexibility index (Phi) is 6.82. The molecule has 0 aliphatic rings. The largest absolute Gasteiger partial charge is 0.368 e. The zero-order valence-corrected chi connectivity index (χ0v) is 12.9. The van der Waals surface area contributed by atoms with Crippen molar-refractivity contribution < 1.29 is 0 Å². The Balaban J connectivity index is 4.79. The number of amidine groups is 2. The van der Waals surface area contributed by atoms with Gasteiger partial charge in [-0.2, -0.15) is 10.2 Å². The second-order valence-corrected chi connectivity index (χ2v) is 5.41. The molecule has 0 amide bonds. The van der Waals surface area contributed by atoms with E-state index in [1.54, 1.807) is 39.8 Å². The first-order chi connectivity index (χ1) is 9.17. The van der Waals surface area contributed by atoms with Gasteiger partial charge >= 0.3 is 0 Å². The summed E-state index contributed by atoms with van der Waals surface area (Å²) >= 11 is 0. The Morgan fingerprint density at radius 2 is 1.20 bits per heavy atom. The van der Waals surface area contributed by atoms with Gasteiger partial charge in [-0.3, -0.25) is 10.8 Å². The van der Waals surface area contributed by atoms with Gasteiger partial charge in [0.05, 0.1) is 0 Å². The first-order valence-corrected chi connectivity index (χ1v) is 6.49. The lowest BCUT2D eigenvalue weighted by Crippen LogP contribution is -2.43. The van der Waals surface area contributed by atoms with Gasteiger partial charge in [-0.05, 0) is 27.7 Å². The number of rotatable bonds is 8. The van der Waals surface area contributed by atoms with E-state index in [0.717, 1.165) is 0 Å². The Morgan fingerprint density at radius 3 is 1.45 bits per heavy atom. The number of hydrogen-bond acceptors (Lipinski definition) is 4. The van der Waals surface area contributed by atoms with E-state index in [1.165, 1.54) is 0 Å². The fourth-order valence-corrected chi connectivity index (χ4v) is 1.13. The summed E-state index contributed by atoms with van der Waals surface area (Å²) in [5.74, 6) is 0.532. The Morgan fingerprint density at radius 1 is 0.900 bits per heavy atom. The van der Waals surface area contributed by atoms with Crippen LogP contribution in [0, 0.1) is 10.8 Å². The Hall–Kier alpha value is -1.98. The highest BCUT2D eigenvalue weighted by Gasteiger charge is 2.27. The topological polar surface area (TPSA) is 96.5 Å². The lowest BCUT2D eigenvalue weighted by atomic mass is 10.0. The summed E-state index contributed by atoms with van der Waals surface area (Å²) in [4.78, 5) is 0. The molecule has 112 valence electrons. The van der Waals surface area contributed by atoms with Crippen LogP contribution in [0.1, 0.15) is 27.7 Å². The third-order valence-electron chi connectivity index (χ3n) is 2.62. The second-order valence-electron chi connectivity index (χ2n) is 5.41. The summed E-state index contributed by atoms with van der Waals surface area (Å²) in [7, 11) is 0. The van der Waals surface area contributed by atoms with E-state index in [4.69, 9.17) is 10.8 Å². The molecule has 0 bridgehead atoms. The number of nitrogens with one attached hydrogen (secondary N) is 4. The molecule has 0 saturated heterocycles. The molecule has 0 atom stereocenters. The molecule has 0 rings (SSSR count). The van der Waals surface area contributed by atoms with Crippen molar-refractivity contribution in [1.29, 1.82) is 10.8 Å². The number of hydrogen-bond donors (Lipinski definition) is 4. The molecule has 0 aliphatic heterocycles. The molecule has 6 nitrogen and oxygen atoms in total. The highest BCUT2D eigenvalue weighted by molar-refractivity contribution is 5.89. The summed E-state index contributed by atoms with van der Waals surface area (Å²) in [6.45, 7) is 15.4. The lowest BCUT2D eigenvalue weighted by molar-refractivity contribution is 0.544. The molecule has 0 radical (unpaired) electrons. The monoisotopic (exact) mass is 278 g/mol. The molecule has 0 saturated carbocycles. The van der Waals surface area contributed by atoms with Crippen molar-refractivity contribution >= 4 is 11.7 Å². The van der Waals surface area contributed by atoms with Gasteiger partial charge in [0.1, 0.15) is 22.7 Å². The van der Waals surface area contributed by atoms with Gasteiger partial charge in [-0.1, -0.05) is 12.2 Å². The standard InChI is InChI=1S/C14H26N6/c1-7-9-17-11(15)13(3,4)19-20-14(5,6)12(16)18-10-8-2/h7-8H,1-2,9-10H2,3-6H3,(H2,15,17)(H2,16,18). The first kappa shape index (κ1) is 18.0. The summed E-state index contributed by atoms with van der Waals surface area (Å²) in [5, 5.41) is 30.1. The van der Waals surface area contributed by atoms with Crippen molar-refractivity contribution in [3.8, 4) is 0 Å². The molecular formula is C14H26N6. The van der Waals surface area contributed by atoms with E-state index in [-0.39, 0.29) is 11.7 Å². The quantitative estimate of drug-likeness (QED) is 0.237. The maximum atomic E-state index is 7.93. The molecule has 0 unspecified atom stereocenters. The summed E-state index contributed by atoms with van der Waals surface area (Å²) in [6, 6.07) is 0. The van der Waals surface area contributed by atoms with Crippen molar-refractivity contribution in [3.63, 3.8) is 0 Å². The van der Waals surface area contributed by atoms with Gasteiger partial charge in [0, 0.05) is 13.1 Å². The highest BCUT2D eigenvalue weighted by Crippen LogP contribution is 2.16. The van der Waals surface area contributed by atoms with E-state index >= 15 is 0 Å². The average molecular weight is 278 g/mol. The molecule has 20 heavy (non-hydrogen) atoms. The maximum absolute atomic E-state index is 7.93. The van der Waals surface area contributed by atoms with E-state index in [0.29, 0.717) is 13.1 Å². The third kappa shape index (κ3) is 5.77. The minimum absolute atomic E-state index is 0.266. The zero-order valence-electron chi connectivity index (χ0n) is 12.9. The molecule has 0 heterocycles. The minimum atomic E-state index is -0.765. The molecule has 0 spiro atoms. The van der Waals surface area contributed by atoms with Crippen molar-refractivity contribution in [3.05, 3.63) is 25.3 Å².